The van der Waals surface area contributed by atoms with Crippen LogP contribution < -0.4 is 5.32 Å². The molecule has 1 aromatic carbocycles. The van der Waals surface area contributed by atoms with Gasteiger partial charge in [-0.2, -0.15) is 0 Å². The Labute approximate surface area is 129 Å². The average Bonchev–Trinajstić information content (AvgIpc) is 2.91. The molecule has 0 aliphatic carbocycles. The Bertz CT molecular complexity index is 533. The minimum atomic E-state index is -0.840. The number of carbonyl (C=O) groups is 2. The summed E-state index contributed by atoms with van der Waals surface area (Å²) in [6, 6.07) is 5.64. The van der Waals surface area contributed by atoms with Gasteiger partial charge in [0.25, 0.3) is 0 Å². The summed E-state index contributed by atoms with van der Waals surface area (Å²) in [5.74, 6) is -1.63. The second-order valence-corrected chi connectivity index (χ2v) is 5.68. The summed E-state index contributed by atoms with van der Waals surface area (Å²) in [5.41, 5.74) is 0.800. The van der Waals surface area contributed by atoms with Gasteiger partial charge in [-0.3, -0.25) is 4.79 Å². The minimum absolute atomic E-state index is 0.0130. The molecule has 120 valence electrons. The lowest BCUT2D eigenvalue weighted by Gasteiger charge is -2.17. The van der Waals surface area contributed by atoms with Crippen LogP contribution in [0.1, 0.15) is 25.3 Å². The van der Waals surface area contributed by atoms with Crippen molar-refractivity contribution in [3.8, 4) is 0 Å². The van der Waals surface area contributed by atoms with Crippen molar-refractivity contribution < 1.29 is 19.1 Å². The number of carboxylic acid groups (broad SMARTS) is 1. The number of amides is 2. The van der Waals surface area contributed by atoms with Crippen molar-refractivity contribution in [2.75, 3.05) is 13.1 Å². The maximum atomic E-state index is 12.8. The molecule has 5 nitrogen and oxygen atoms in total. The van der Waals surface area contributed by atoms with Gasteiger partial charge in [0, 0.05) is 19.6 Å². The fourth-order valence-corrected chi connectivity index (χ4v) is 2.87. The van der Waals surface area contributed by atoms with E-state index in [1.54, 1.807) is 17.0 Å². The number of nitrogens with zero attached hydrogens (tertiary/aromatic N) is 1. The van der Waals surface area contributed by atoms with Gasteiger partial charge >= 0.3 is 12.0 Å². The van der Waals surface area contributed by atoms with Crippen LogP contribution in [-0.2, 0) is 11.3 Å². The van der Waals surface area contributed by atoms with Gasteiger partial charge in [0.1, 0.15) is 5.82 Å². The number of rotatable bonds is 5. The molecule has 1 saturated heterocycles. The van der Waals surface area contributed by atoms with Crippen LogP contribution in [0.4, 0.5) is 9.18 Å². The predicted octanol–water partition coefficient (Wildman–Crippen LogP) is 2.47. The molecule has 1 fully saturated rings. The molecule has 0 unspecified atom stereocenters. The Kier molecular flexibility index (Phi) is 5.35. The van der Waals surface area contributed by atoms with Crippen molar-refractivity contribution in [3.05, 3.63) is 35.6 Å². The van der Waals surface area contributed by atoms with Gasteiger partial charge in [0.05, 0.1) is 5.92 Å². The smallest absolute Gasteiger partial charge is 0.317 e. The molecule has 2 rings (SSSR count). The monoisotopic (exact) mass is 308 g/mol. The lowest BCUT2D eigenvalue weighted by atomic mass is 9.92. The number of nitrogens with one attached hydrogen (secondary N) is 1. The summed E-state index contributed by atoms with van der Waals surface area (Å²) in [6.07, 6.45) is 1.71. The molecule has 0 aromatic heterocycles. The molecular formula is C16H21FN2O3. The number of carbonyl (C=O) groups excluding carboxylic acids is 1. The van der Waals surface area contributed by atoms with Crippen LogP contribution >= 0.6 is 0 Å². The summed E-state index contributed by atoms with van der Waals surface area (Å²) >= 11 is 0. The quantitative estimate of drug-likeness (QED) is 0.878. The highest BCUT2D eigenvalue weighted by Gasteiger charge is 2.38. The van der Waals surface area contributed by atoms with Crippen LogP contribution in [0.15, 0.2) is 24.3 Å². The fraction of sp³-hybridized carbons (Fsp3) is 0.500. The first-order valence-corrected chi connectivity index (χ1v) is 7.51. The highest BCUT2D eigenvalue weighted by atomic mass is 19.1. The van der Waals surface area contributed by atoms with Crippen molar-refractivity contribution in [2.45, 2.75) is 26.3 Å². The Hall–Kier alpha value is -2.11. The fourth-order valence-electron chi connectivity index (χ4n) is 2.87. The van der Waals surface area contributed by atoms with Crippen LogP contribution in [0.2, 0.25) is 0 Å². The van der Waals surface area contributed by atoms with Crippen molar-refractivity contribution in [1.82, 2.24) is 10.2 Å². The zero-order valence-electron chi connectivity index (χ0n) is 12.6. The van der Waals surface area contributed by atoms with Crippen molar-refractivity contribution in [2.24, 2.45) is 11.8 Å². The van der Waals surface area contributed by atoms with E-state index in [-0.39, 0.29) is 24.3 Å². The lowest BCUT2D eigenvalue weighted by Crippen LogP contribution is -2.38. The molecule has 0 spiro atoms. The van der Waals surface area contributed by atoms with Gasteiger partial charge in [-0.25, -0.2) is 9.18 Å². The van der Waals surface area contributed by atoms with E-state index < -0.39 is 11.9 Å². The molecule has 0 saturated carbocycles. The van der Waals surface area contributed by atoms with Crippen molar-refractivity contribution >= 4 is 12.0 Å². The van der Waals surface area contributed by atoms with Crippen molar-refractivity contribution in [3.63, 3.8) is 0 Å². The molecule has 1 aromatic rings. The maximum absolute atomic E-state index is 12.8. The van der Waals surface area contributed by atoms with Gasteiger partial charge in [0.2, 0.25) is 0 Å². The second-order valence-electron chi connectivity index (χ2n) is 5.68. The lowest BCUT2D eigenvalue weighted by molar-refractivity contribution is -0.142. The molecule has 2 atom stereocenters. The van der Waals surface area contributed by atoms with Crippen LogP contribution in [0.5, 0.6) is 0 Å². The van der Waals surface area contributed by atoms with E-state index in [0.717, 1.165) is 18.4 Å². The van der Waals surface area contributed by atoms with E-state index in [0.29, 0.717) is 13.1 Å². The number of likely N-dealkylation sites (tertiary alicyclic amines) is 1. The SMILES string of the molecule is CCC[C@@H]1CN(C(=O)NCc2ccc(F)cc2)C[C@H]1C(=O)O. The number of halogens is 1. The summed E-state index contributed by atoms with van der Waals surface area (Å²) < 4.78 is 12.8. The van der Waals surface area contributed by atoms with Gasteiger partial charge in [-0.15, -0.1) is 0 Å². The third kappa shape index (κ3) is 3.96. The molecule has 22 heavy (non-hydrogen) atoms. The Morgan fingerprint density at radius 1 is 1.32 bits per heavy atom. The normalized spacial score (nSPS) is 20.9. The first-order chi connectivity index (χ1) is 10.5. The van der Waals surface area contributed by atoms with Crippen LogP contribution in [0, 0.1) is 17.7 Å². The van der Waals surface area contributed by atoms with Crippen LogP contribution in [0.25, 0.3) is 0 Å². The van der Waals surface area contributed by atoms with Gasteiger partial charge in [-0.05, 0) is 30.0 Å². The van der Waals surface area contributed by atoms with E-state index >= 15 is 0 Å². The van der Waals surface area contributed by atoms with Gasteiger partial charge < -0.3 is 15.3 Å². The van der Waals surface area contributed by atoms with Gasteiger partial charge in [0.15, 0.2) is 0 Å². The predicted molar refractivity (Wildman–Crippen MR) is 79.7 cm³/mol. The van der Waals surface area contributed by atoms with E-state index in [1.807, 2.05) is 6.92 Å². The number of urea groups is 1. The van der Waals surface area contributed by atoms with Crippen molar-refractivity contribution in [1.29, 1.82) is 0 Å². The highest BCUT2D eigenvalue weighted by molar-refractivity contribution is 5.77. The molecule has 2 amide bonds. The Morgan fingerprint density at radius 2 is 2.00 bits per heavy atom. The molecule has 1 aliphatic rings. The summed E-state index contributed by atoms with van der Waals surface area (Å²) in [4.78, 5) is 25.0. The molecule has 6 heteroatoms. The summed E-state index contributed by atoms with van der Waals surface area (Å²) in [6.45, 7) is 3.03. The zero-order valence-corrected chi connectivity index (χ0v) is 12.6. The number of benzene rings is 1. The largest absolute Gasteiger partial charge is 0.481 e. The van der Waals surface area contributed by atoms with Gasteiger partial charge in [-0.1, -0.05) is 25.5 Å². The Morgan fingerprint density at radius 3 is 2.59 bits per heavy atom. The minimum Gasteiger partial charge on any atom is -0.481 e. The number of hydrogen-bond acceptors (Lipinski definition) is 2. The first kappa shape index (κ1) is 16.3. The number of aliphatic carboxylic acids is 1. The standard InChI is InChI=1S/C16H21FN2O3/c1-2-3-12-9-19(10-14(12)15(20)21)16(22)18-8-11-4-6-13(17)7-5-11/h4-7,12,14H,2-3,8-10H2,1H3,(H,18,22)(H,20,21)/t12-,14-/m1/s1. The molecule has 0 bridgehead atoms. The summed E-state index contributed by atoms with van der Waals surface area (Å²) in [7, 11) is 0. The zero-order chi connectivity index (χ0) is 16.1. The molecule has 0 radical (unpaired) electrons. The third-order valence-electron chi connectivity index (χ3n) is 4.06. The highest BCUT2D eigenvalue weighted by Crippen LogP contribution is 2.27. The number of hydrogen-bond donors (Lipinski definition) is 2. The summed E-state index contributed by atoms with van der Waals surface area (Å²) in [5, 5.41) is 12.0. The van der Waals surface area contributed by atoms with E-state index in [1.165, 1.54) is 12.1 Å². The second kappa shape index (κ2) is 7.24. The molecule has 1 aliphatic heterocycles. The maximum Gasteiger partial charge on any atom is 0.317 e. The third-order valence-corrected chi connectivity index (χ3v) is 4.06. The first-order valence-electron chi connectivity index (χ1n) is 7.51. The molecule has 2 N–H and O–H groups in total. The topological polar surface area (TPSA) is 69.6 Å². The Balaban J connectivity index is 1.90. The van der Waals surface area contributed by atoms with Crippen LogP contribution in [-0.4, -0.2) is 35.1 Å². The van der Waals surface area contributed by atoms with Crippen LogP contribution in [0.3, 0.4) is 0 Å². The van der Waals surface area contributed by atoms with E-state index in [4.69, 9.17) is 0 Å². The van der Waals surface area contributed by atoms with E-state index in [9.17, 15) is 19.1 Å². The molecular weight excluding hydrogens is 287 g/mol. The average molecular weight is 308 g/mol. The van der Waals surface area contributed by atoms with E-state index in [2.05, 4.69) is 5.32 Å². The number of carboxylic acids is 1. The molecule has 1 heterocycles.